The summed E-state index contributed by atoms with van der Waals surface area (Å²) in [4.78, 5) is 0. The van der Waals surface area contributed by atoms with Crippen LogP contribution in [-0.4, -0.2) is 16.0 Å². The van der Waals surface area contributed by atoms with Crippen molar-refractivity contribution in [2.24, 2.45) is 46.3 Å². The molecule has 1 nitrogen and oxygen atoms in total. The Hall–Kier alpha value is 0.440. The van der Waals surface area contributed by atoms with Crippen molar-refractivity contribution >= 4 is 15.9 Å². The molecular formula is C24H41BrO. The molecule has 4 aliphatic rings. The highest BCUT2D eigenvalue weighted by atomic mass is 79.9. The third-order valence-electron chi connectivity index (χ3n) is 10.5. The SMILES string of the molecule is CC[C@@]1(O)CC[C@@]2(C)[C@@H](CC[C@@H]3[C@@H]2CC[C@]2(C)[C@@H](C(C)CBr)CC[C@@H]32)C1. The lowest BCUT2D eigenvalue weighted by Crippen LogP contribution is -2.56. The Morgan fingerprint density at radius 2 is 1.69 bits per heavy atom. The van der Waals surface area contributed by atoms with Crippen molar-refractivity contribution in [3.8, 4) is 0 Å². The van der Waals surface area contributed by atoms with Crippen molar-refractivity contribution in [2.45, 2.75) is 97.5 Å². The van der Waals surface area contributed by atoms with Crippen LogP contribution >= 0.6 is 15.9 Å². The summed E-state index contributed by atoms with van der Waals surface area (Å²) in [6.45, 7) is 9.95. The average Bonchev–Trinajstić information content (AvgIpc) is 2.99. The summed E-state index contributed by atoms with van der Waals surface area (Å²) in [5, 5.41) is 12.1. The third kappa shape index (κ3) is 2.78. The van der Waals surface area contributed by atoms with E-state index in [1.54, 1.807) is 0 Å². The van der Waals surface area contributed by atoms with Crippen LogP contribution in [0.2, 0.25) is 0 Å². The van der Waals surface area contributed by atoms with Crippen LogP contribution in [0.25, 0.3) is 0 Å². The molecule has 4 saturated carbocycles. The van der Waals surface area contributed by atoms with Crippen LogP contribution in [0.3, 0.4) is 0 Å². The van der Waals surface area contributed by atoms with Gasteiger partial charge >= 0.3 is 0 Å². The number of aliphatic hydroxyl groups is 1. The van der Waals surface area contributed by atoms with Gasteiger partial charge < -0.3 is 5.11 Å². The predicted octanol–water partition coefficient (Wildman–Crippen LogP) is 6.82. The van der Waals surface area contributed by atoms with Crippen molar-refractivity contribution in [3.63, 3.8) is 0 Å². The van der Waals surface area contributed by atoms with Gasteiger partial charge in [0.1, 0.15) is 0 Å². The van der Waals surface area contributed by atoms with Crippen LogP contribution in [0.15, 0.2) is 0 Å². The maximum atomic E-state index is 10.9. The summed E-state index contributed by atoms with van der Waals surface area (Å²) in [5.74, 6) is 5.38. The maximum Gasteiger partial charge on any atom is 0.0648 e. The van der Waals surface area contributed by atoms with Crippen molar-refractivity contribution in [1.82, 2.24) is 0 Å². The second-order valence-electron chi connectivity index (χ2n) is 11.3. The van der Waals surface area contributed by atoms with E-state index in [0.717, 1.165) is 54.8 Å². The lowest BCUT2D eigenvalue weighted by Gasteiger charge is -2.62. The summed E-state index contributed by atoms with van der Waals surface area (Å²) in [7, 11) is 0. The smallest absolute Gasteiger partial charge is 0.0648 e. The molecule has 4 fully saturated rings. The van der Waals surface area contributed by atoms with E-state index >= 15 is 0 Å². The third-order valence-corrected chi connectivity index (χ3v) is 11.5. The molecule has 4 rings (SSSR count). The largest absolute Gasteiger partial charge is 0.390 e. The Bertz CT molecular complexity index is 534. The number of hydrogen-bond donors (Lipinski definition) is 1. The highest BCUT2D eigenvalue weighted by Gasteiger charge is 2.61. The fraction of sp³-hybridized carbons (Fsp3) is 1.00. The topological polar surface area (TPSA) is 20.2 Å². The molecule has 0 aromatic heterocycles. The summed E-state index contributed by atoms with van der Waals surface area (Å²) < 4.78 is 0. The van der Waals surface area contributed by atoms with Gasteiger partial charge in [-0.2, -0.15) is 0 Å². The van der Waals surface area contributed by atoms with Crippen LogP contribution in [0, 0.1) is 46.3 Å². The fourth-order valence-electron chi connectivity index (χ4n) is 8.73. The lowest BCUT2D eigenvalue weighted by atomic mass is 9.43. The summed E-state index contributed by atoms with van der Waals surface area (Å²) in [5.41, 5.74) is 0.741. The first-order valence-electron chi connectivity index (χ1n) is 11.6. The molecular weight excluding hydrogens is 384 g/mol. The van der Waals surface area contributed by atoms with Gasteiger partial charge in [0.15, 0.2) is 0 Å². The molecule has 0 spiro atoms. The van der Waals surface area contributed by atoms with Crippen LogP contribution in [-0.2, 0) is 0 Å². The maximum absolute atomic E-state index is 10.9. The zero-order valence-electron chi connectivity index (χ0n) is 17.6. The van der Waals surface area contributed by atoms with Crippen molar-refractivity contribution < 1.29 is 5.11 Å². The van der Waals surface area contributed by atoms with E-state index in [1.165, 1.54) is 50.3 Å². The van der Waals surface area contributed by atoms with E-state index in [2.05, 4.69) is 43.6 Å². The van der Waals surface area contributed by atoms with Crippen LogP contribution < -0.4 is 0 Å². The van der Waals surface area contributed by atoms with E-state index in [4.69, 9.17) is 0 Å². The summed E-state index contributed by atoms with van der Waals surface area (Å²) >= 11 is 3.78. The minimum atomic E-state index is -0.357. The van der Waals surface area contributed by atoms with Crippen molar-refractivity contribution in [2.75, 3.05) is 5.33 Å². The monoisotopic (exact) mass is 424 g/mol. The molecule has 0 bridgehead atoms. The Kier molecular flexibility index (Phi) is 5.13. The summed E-state index contributed by atoms with van der Waals surface area (Å²) in [6, 6.07) is 0. The molecule has 0 aliphatic heterocycles. The zero-order chi connectivity index (χ0) is 18.7. The van der Waals surface area contributed by atoms with E-state index < -0.39 is 0 Å². The highest BCUT2D eigenvalue weighted by molar-refractivity contribution is 9.09. The Labute approximate surface area is 170 Å². The normalized spacial score (nSPS) is 54.9. The molecule has 1 N–H and O–H groups in total. The molecule has 4 aliphatic carbocycles. The molecule has 0 saturated heterocycles. The average molecular weight is 425 g/mol. The van der Waals surface area contributed by atoms with E-state index in [1.807, 2.05) is 0 Å². The van der Waals surface area contributed by atoms with Crippen molar-refractivity contribution in [3.05, 3.63) is 0 Å². The lowest BCUT2D eigenvalue weighted by molar-refractivity contribution is -0.152. The van der Waals surface area contributed by atoms with Crippen LogP contribution in [0.4, 0.5) is 0 Å². The van der Waals surface area contributed by atoms with Gasteiger partial charge in [-0.3, -0.25) is 0 Å². The number of hydrogen-bond acceptors (Lipinski definition) is 1. The van der Waals surface area contributed by atoms with Gasteiger partial charge in [-0.1, -0.05) is 43.6 Å². The quantitative estimate of drug-likeness (QED) is 0.492. The van der Waals surface area contributed by atoms with Gasteiger partial charge in [0.05, 0.1) is 5.60 Å². The van der Waals surface area contributed by atoms with Crippen LogP contribution in [0.5, 0.6) is 0 Å². The Morgan fingerprint density at radius 1 is 0.962 bits per heavy atom. The van der Waals surface area contributed by atoms with Gasteiger partial charge in [0.25, 0.3) is 0 Å². The number of halogens is 1. The minimum Gasteiger partial charge on any atom is -0.390 e. The number of alkyl halides is 1. The molecule has 0 radical (unpaired) electrons. The van der Waals surface area contributed by atoms with Crippen LogP contribution in [0.1, 0.15) is 91.9 Å². The standard InChI is InChI=1S/C24H41BrO/c1-5-24(26)13-12-22(3)17(14-24)6-7-18-20-9-8-19(16(2)15-25)23(20,4)11-10-21(18)22/h16-21,26H,5-15H2,1-4H3/t16?,17-,18-,19+,20-,21-,22-,23+,24+/m0/s1. The first-order chi connectivity index (χ1) is 12.3. The first kappa shape index (κ1) is 19.7. The van der Waals surface area contributed by atoms with Gasteiger partial charge in [-0.15, -0.1) is 0 Å². The molecule has 0 aromatic carbocycles. The molecule has 9 atom stereocenters. The number of fused-ring (bicyclic) bond motifs is 5. The summed E-state index contributed by atoms with van der Waals surface area (Å²) in [6.07, 6.45) is 13.0. The second-order valence-corrected chi connectivity index (χ2v) is 11.9. The van der Waals surface area contributed by atoms with Gasteiger partial charge in [-0.05, 0) is 111 Å². The Balaban J connectivity index is 1.57. The molecule has 1 unspecified atom stereocenters. The number of rotatable bonds is 3. The molecule has 0 amide bonds. The van der Waals surface area contributed by atoms with Gasteiger partial charge in [-0.25, -0.2) is 0 Å². The van der Waals surface area contributed by atoms with E-state index in [-0.39, 0.29) is 5.60 Å². The van der Waals surface area contributed by atoms with Gasteiger partial charge in [0.2, 0.25) is 0 Å². The molecule has 2 heteroatoms. The van der Waals surface area contributed by atoms with E-state index in [9.17, 15) is 5.11 Å². The minimum absolute atomic E-state index is 0.357. The molecule has 150 valence electrons. The van der Waals surface area contributed by atoms with Gasteiger partial charge in [0, 0.05) is 5.33 Å². The first-order valence-corrected chi connectivity index (χ1v) is 12.7. The zero-order valence-corrected chi connectivity index (χ0v) is 19.2. The second kappa shape index (κ2) is 6.75. The fourth-order valence-corrected chi connectivity index (χ4v) is 9.18. The Morgan fingerprint density at radius 3 is 2.38 bits per heavy atom. The molecule has 0 aromatic rings. The highest BCUT2D eigenvalue weighted by Crippen LogP contribution is 2.68. The van der Waals surface area contributed by atoms with Crippen molar-refractivity contribution in [1.29, 1.82) is 0 Å². The predicted molar refractivity (Wildman–Crippen MR) is 113 cm³/mol. The molecule has 26 heavy (non-hydrogen) atoms. The molecule has 0 heterocycles. The van der Waals surface area contributed by atoms with E-state index in [0.29, 0.717) is 10.8 Å².